The maximum atomic E-state index is 12.4. The first-order valence-electron chi connectivity index (χ1n) is 11.3. The van der Waals surface area contributed by atoms with Crippen LogP contribution < -0.4 is 15.8 Å². The van der Waals surface area contributed by atoms with Gasteiger partial charge in [0.25, 0.3) is 5.56 Å². The van der Waals surface area contributed by atoms with Gasteiger partial charge in [-0.15, -0.1) is 0 Å². The van der Waals surface area contributed by atoms with Gasteiger partial charge in [-0.1, -0.05) is 6.07 Å². The van der Waals surface area contributed by atoms with E-state index in [0.717, 1.165) is 35.6 Å². The molecule has 8 heteroatoms. The second-order valence-electron chi connectivity index (χ2n) is 8.95. The molecule has 174 valence electrons. The van der Waals surface area contributed by atoms with E-state index in [-0.39, 0.29) is 11.4 Å². The van der Waals surface area contributed by atoms with Gasteiger partial charge in [-0.25, -0.2) is 4.98 Å². The summed E-state index contributed by atoms with van der Waals surface area (Å²) in [5, 5.41) is 19.3. The van der Waals surface area contributed by atoms with Crippen LogP contribution in [0, 0.1) is 6.92 Å². The Bertz CT molecular complexity index is 1420. The summed E-state index contributed by atoms with van der Waals surface area (Å²) in [6, 6.07) is 10.5. The number of anilines is 1. The Morgan fingerprint density at radius 1 is 1.15 bits per heavy atom. The Labute approximate surface area is 201 Å². The zero-order chi connectivity index (χ0) is 23.8. The van der Waals surface area contributed by atoms with Crippen LogP contribution in [0.5, 0.6) is 5.88 Å². The van der Waals surface area contributed by atoms with Gasteiger partial charge in [-0.2, -0.15) is 11.3 Å². The number of aromatic hydroxyl groups is 1. The minimum absolute atomic E-state index is 0.200. The number of fused-ring (bicyclic) bond motifs is 1. The van der Waals surface area contributed by atoms with E-state index in [1.54, 1.807) is 29.8 Å². The van der Waals surface area contributed by atoms with E-state index in [9.17, 15) is 9.90 Å². The SMILES string of the molecule is Cc1cc(N=Cc2c(O)[nH]c(=O)c3ccc(-c4ccsc4)cc23)cnc1N1C[C@@H](C)N[C@@H](C)C1. The maximum Gasteiger partial charge on any atom is 0.258 e. The molecule has 1 aliphatic rings. The first-order valence-corrected chi connectivity index (χ1v) is 12.3. The van der Waals surface area contributed by atoms with Crippen LogP contribution in [0.2, 0.25) is 0 Å². The zero-order valence-corrected chi connectivity index (χ0v) is 20.2. The molecule has 34 heavy (non-hydrogen) atoms. The van der Waals surface area contributed by atoms with Crippen LogP contribution in [0.3, 0.4) is 0 Å². The molecule has 0 unspecified atom stereocenters. The number of nitrogens with one attached hydrogen (secondary N) is 2. The van der Waals surface area contributed by atoms with Crippen LogP contribution in [-0.2, 0) is 0 Å². The van der Waals surface area contributed by atoms with Gasteiger partial charge in [-0.3, -0.25) is 14.8 Å². The van der Waals surface area contributed by atoms with Gasteiger partial charge in [-0.05, 0) is 72.5 Å². The van der Waals surface area contributed by atoms with E-state index in [4.69, 9.17) is 4.98 Å². The molecule has 0 saturated carbocycles. The smallest absolute Gasteiger partial charge is 0.258 e. The normalized spacial score (nSPS) is 18.7. The van der Waals surface area contributed by atoms with Crippen molar-refractivity contribution in [2.75, 3.05) is 18.0 Å². The summed E-state index contributed by atoms with van der Waals surface area (Å²) in [5.74, 6) is 0.769. The number of hydrogen-bond acceptors (Lipinski definition) is 7. The fourth-order valence-electron chi connectivity index (χ4n) is 4.67. The standard InChI is InChI=1S/C26H27N5O2S/c1-15-8-20(10-28-24(15)31-12-16(2)29-17(3)13-31)27-11-23-22-9-18(19-6-7-34-14-19)4-5-21(22)25(32)30-26(23)33/h4-11,14,16-17,29H,12-13H2,1-3H3,(H2,30,32,33)/t16-,17+. The molecule has 0 amide bonds. The molecule has 3 aromatic heterocycles. The van der Waals surface area contributed by atoms with Crippen molar-refractivity contribution in [3.63, 3.8) is 0 Å². The highest BCUT2D eigenvalue weighted by atomic mass is 32.1. The predicted octanol–water partition coefficient (Wildman–Crippen LogP) is 4.60. The Balaban J connectivity index is 1.50. The maximum absolute atomic E-state index is 12.4. The number of rotatable bonds is 4. The van der Waals surface area contributed by atoms with Crippen LogP contribution in [-0.4, -0.2) is 46.5 Å². The highest BCUT2D eigenvalue weighted by Crippen LogP contribution is 2.29. The van der Waals surface area contributed by atoms with Gasteiger partial charge in [0.1, 0.15) is 5.82 Å². The summed E-state index contributed by atoms with van der Waals surface area (Å²) in [6.07, 6.45) is 3.34. The molecule has 3 N–H and O–H groups in total. The number of aryl methyl sites for hydroxylation is 1. The number of pyridine rings is 2. The first-order chi connectivity index (χ1) is 16.4. The third-order valence-corrected chi connectivity index (χ3v) is 6.82. The van der Waals surface area contributed by atoms with Crippen molar-refractivity contribution in [2.24, 2.45) is 4.99 Å². The molecule has 4 aromatic rings. The second kappa shape index (κ2) is 9.04. The van der Waals surface area contributed by atoms with Gasteiger partial charge < -0.3 is 15.3 Å². The largest absolute Gasteiger partial charge is 0.494 e. The van der Waals surface area contributed by atoms with Crippen LogP contribution in [0.15, 0.2) is 57.1 Å². The van der Waals surface area contributed by atoms with E-state index in [0.29, 0.717) is 34.1 Å². The highest BCUT2D eigenvalue weighted by molar-refractivity contribution is 7.08. The molecule has 5 rings (SSSR count). The van der Waals surface area contributed by atoms with E-state index in [1.807, 2.05) is 36.6 Å². The average molecular weight is 474 g/mol. The summed E-state index contributed by atoms with van der Waals surface area (Å²) in [4.78, 5) is 26.5. The zero-order valence-electron chi connectivity index (χ0n) is 19.4. The third kappa shape index (κ3) is 4.34. The average Bonchev–Trinajstić information content (AvgIpc) is 3.33. The van der Waals surface area contributed by atoms with Crippen molar-refractivity contribution in [1.29, 1.82) is 0 Å². The summed E-state index contributed by atoms with van der Waals surface area (Å²) >= 11 is 1.61. The molecule has 1 aliphatic heterocycles. The molecular weight excluding hydrogens is 446 g/mol. The van der Waals surface area contributed by atoms with Crippen molar-refractivity contribution in [2.45, 2.75) is 32.9 Å². The van der Waals surface area contributed by atoms with Crippen molar-refractivity contribution >= 4 is 39.8 Å². The van der Waals surface area contributed by atoms with Gasteiger partial charge in [0, 0.05) is 42.2 Å². The molecule has 1 aromatic carbocycles. The topological polar surface area (TPSA) is 93.6 Å². The molecule has 0 radical (unpaired) electrons. The van der Waals surface area contributed by atoms with E-state index >= 15 is 0 Å². The highest BCUT2D eigenvalue weighted by Gasteiger charge is 2.23. The summed E-state index contributed by atoms with van der Waals surface area (Å²) in [6.45, 7) is 8.22. The minimum Gasteiger partial charge on any atom is -0.494 e. The molecule has 0 spiro atoms. The second-order valence-corrected chi connectivity index (χ2v) is 9.73. The molecule has 1 fully saturated rings. The number of aromatic nitrogens is 2. The van der Waals surface area contributed by atoms with Crippen molar-refractivity contribution in [3.05, 3.63) is 68.8 Å². The number of piperazine rings is 1. The number of nitrogens with zero attached hydrogens (tertiary/aromatic N) is 3. The van der Waals surface area contributed by atoms with Crippen molar-refractivity contribution in [3.8, 4) is 17.0 Å². The van der Waals surface area contributed by atoms with Gasteiger partial charge in [0.15, 0.2) is 0 Å². The van der Waals surface area contributed by atoms with Gasteiger partial charge >= 0.3 is 0 Å². The summed E-state index contributed by atoms with van der Waals surface area (Å²) in [7, 11) is 0. The lowest BCUT2D eigenvalue weighted by atomic mass is 10.0. The Hall–Kier alpha value is -3.49. The van der Waals surface area contributed by atoms with Crippen LogP contribution in [0.1, 0.15) is 25.0 Å². The van der Waals surface area contributed by atoms with Gasteiger partial charge in [0.2, 0.25) is 5.88 Å². The number of H-pyrrole nitrogens is 1. The molecule has 0 bridgehead atoms. The van der Waals surface area contributed by atoms with Gasteiger partial charge in [0.05, 0.1) is 17.4 Å². The predicted molar refractivity (Wildman–Crippen MR) is 140 cm³/mol. The summed E-state index contributed by atoms with van der Waals surface area (Å²) < 4.78 is 0. The molecule has 4 heterocycles. The first kappa shape index (κ1) is 22.3. The lowest BCUT2D eigenvalue weighted by Gasteiger charge is -2.37. The number of benzene rings is 1. The molecule has 7 nitrogen and oxygen atoms in total. The van der Waals surface area contributed by atoms with Crippen molar-refractivity contribution in [1.82, 2.24) is 15.3 Å². The Morgan fingerprint density at radius 2 is 1.94 bits per heavy atom. The minimum atomic E-state index is -0.331. The monoisotopic (exact) mass is 473 g/mol. The third-order valence-electron chi connectivity index (χ3n) is 6.13. The Morgan fingerprint density at radius 3 is 2.65 bits per heavy atom. The lowest BCUT2D eigenvalue weighted by Crippen LogP contribution is -2.54. The number of aliphatic imine (C=N–C) groups is 1. The molecular formula is C26H27N5O2S. The van der Waals surface area contributed by atoms with E-state index < -0.39 is 0 Å². The summed E-state index contributed by atoms with van der Waals surface area (Å²) in [5.41, 5.74) is 3.92. The van der Waals surface area contributed by atoms with Crippen LogP contribution in [0.4, 0.5) is 11.5 Å². The lowest BCUT2D eigenvalue weighted by molar-refractivity contribution is 0.405. The van der Waals surface area contributed by atoms with E-state index in [2.05, 4.69) is 39.4 Å². The number of thiophene rings is 1. The molecule has 2 atom stereocenters. The van der Waals surface area contributed by atoms with E-state index in [1.165, 1.54) is 0 Å². The Kier molecular flexibility index (Phi) is 5.93. The van der Waals surface area contributed by atoms with Crippen molar-refractivity contribution < 1.29 is 5.11 Å². The fraction of sp³-hybridized carbons (Fsp3) is 0.269. The molecule has 0 aliphatic carbocycles. The quantitative estimate of drug-likeness (QED) is 0.377. The molecule has 1 saturated heterocycles. The number of aromatic amines is 1. The number of hydrogen-bond donors (Lipinski definition) is 3. The fourth-order valence-corrected chi connectivity index (χ4v) is 5.33. The van der Waals surface area contributed by atoms with Crippen LogP contribution in [0.25, 0.3) is 21.9 Å². The van der Waals surface area contributed by atoms with Crippen LogP contribution >= 0.6 is 11.3 Å².